The van der Waals surface area contributed by atoms with Crippen LogP contribution >= 0.6 is 0 Å². The Morgan fingerprint density at radius 1 is 1.38 bits per heavy atom. The number of nitrogens with one attached hydrogen (secondary N) is 2. The Bertz CT molecular complexity index is 439. The van der Waals surface area contributed by atoms with E-state index in [2.05, 4.69) is 15.6 Å². The number of nitrogens with zero attached hydrogens (tertiary/aromatic N) is 1. The second-order valence-electron chi connectivity index (χ2n) is 6.72. The molecule has 0 aromatic rings. The molecule has 0 aromatic carbocycles. The Morgan fingerprint density at radius 3 is 2.75 bits per heavy atom. The van der Waals surface area contributed by atoms with E-state index >= 15 is 0 Å². The van der Waals surface area contributed by atoms with Gasteiger partial charge < -0.3 is 20.1 Å². The van der Waals surface area contributed by atoms with Crippen molar-refractivity contribution >= 4 is 16.8 Å². The molecule has 2 N–H and O–H groups in total. The zero-order valence-electron chi connectivity index (χ0n) is 15.3. The van der Waals surface area contributed by atoms with Crippen molar-refractivity contribution in [2.24, 2.45) is 4.99 Å². The molecule has 1 saturated heterocycles. The fourth-order valence-corrected chi connectivity index (χ4v) is 4.93. The maximum Gasteiger partial charge on any atom is 0.191 e. The van der Waals surface area contributed by atoms with Crippen LogP contribution in [-0.2, 0) is 20.3 Å². The van der Waals surface area contributed by atoms with Crippen LogP contribution in [0.3, 0.4) is 0 Å². The summed E-state index contributed by atoms with van der Waals surface area (Å²) in [7, 11) is 2.87. The highest BCUT2D eigenvalue weighted by atomic mass is 32.2. The topological polar surface area (TPSA) is 72.0 Å². The lowest BCUT2D eigenvalue weighted by molar-refractivity contribution is -0.0855. The Labute approximate surface area is 148 Å². The number of hydrogen-bond acceptors (Lipinski definition) is 4. The van der Waals surface area contributed by atoms with Gasteiger partial charge in [0.15, 0.2) is 5.96 Å². The Morgan fingerprint density at radius 2 is 2.12 bits per heavy atom. The van der Waals surface area contributed by atoms with E-state index in [1.54, 1.807) is 14.2 Å². The molecular weight excluding hydrogens is 326 g/mol. The van der Waals surface area contributed by atoms with Crippen LogP contribution in [0.15, 0.2) is 4.99 Å². The van der Waals surface area contributed by atoms with E-state index in [1.165, 1.54) is 0 Å². The summed E-state index contributed by atoms with van der Waals surface area (Å²) in [5.41, 5.74) is -0.172. The first-order valence-electron chi connectivity index (χ1n) is 9.09. The van der Waals surface area contributed by atoms with Crippen LogP contribution in [-0.4, -0.2) is 66.7 Å². The van der Waals surface area contributed by atoms with E-state index < -0.39 is 10.8 Å². The zero-order valence-corrected chi connectivity index (χ0v) is 16.1. The number of hydrogen-bond donors (Lipinski definition) is 2. The van der Waals surface area contributed by atoms with Gasteiger partial charge in [0.1, 0.15) is 0 Å². The largest absolute Gasteiger partial charge is 0.381 e. The molecule has 7 heteroatoms. The molecule has 1 heterocycles. The fourth-order valence-electron chi connectivity index (χ4n) is 3.58. The molecule has 140 valence electrons. The monoisotopic (exact) mass is 359 g/mol. The van der Waals surface area contributed by atoms with Gasteiger partial charge in [0.2, 0.25) is 0 Å². The average molecular weight is 360 g/mol. The number of rotatable bonds is 6. The predicted octanol–water partition coefficient (Wildman–Crippen LogP) is 1.43. The summed E-state index contributed by atoms with van der Waals surface area (Å²) >= 11 is 0. The van der Waals surface area contributed by atoms with Gasteiger partial charge in [0, 0.05) is 74.6 Å². The van der Waals surface area contributed by atoms with Crippen molar-refractivity contribution in [2.75, 3.05) is 39.7 Å². The summed E-state index contributed by atoms with van der Waals surface area (Å²) in [4.78, 5) is 4.35. The molecule has 1 saturated carbocycles. The van der Waals surface area contributed by atoms with Crippen molar-refractivity contribution in [3.63, 3.8) is 0 Å². The van der Waals surface area contributed by atoms with Crippen LogP contribution in [0.4, 0.5) is 0 Å². The molecule has 0 amide bonds. The van der Waals surface area contributed by atoms with Crippen molar-refractivity contribution in [2.45, 2.75) is 62.3 Å². The highest BCUT2D eigenvalue weighted by Gasteiger charge is 2.33. The highest BCUT2D eigenvalue weighted by Crippen LogP contribution is 2.24. The van der Waals surface area contributed by atoms with Crippen molar-refractivity contribution in [1.82, 2.24) is 10.6 Å². The van der Waals surface area contributed by atoms with Gasteiger partial charge in [-0.05, 0) is 19.3 Å². The van der Waals surface area contributed by atoms with Gasteiger partial charge in [-0.2, -0.15) is 0 Å². The van der Waals surface area contributed by atoms with E-state index in [1.807, 2.05) is 6.92 Å². The quantitative estimate of drug-likeness (QED) is 0.554. The predicted molar refractivity (Wildman–Crippen MR) is 99.0 cm³/mol. The summed E-state index contributed by atoms with van der Waals surface area (Å²) in [5.74, 6) is 1.56. The summed E-state index contributed by atoms with van der Waals surface area (Å²) in [6.07, 6.45) is 6.08. The minimum absolute atomic E-state index is 0.172. The summed E-state index contributed by atoms with van der Waals surface area (Å²) in [5, 5.41) is 7.25. The first-order chi connectivity index (χ1) is 11.6. The van der Waals surface area contributed by atoms with Crippen LogP contribution < -0.4 is 10.6 Å². The van der Waals surface area contributed by atoms with Crippen LogP contribution in [0.2, 0.25) is 0 Å². The minimum Gasteiger partial charge on any atom is -0.381 e. The van der Waals surface area contributed by atoms with Gasteiger partial charge in [-0.25, -0.2) is 0 Å². The van der Waals surface area contributed by atoms with Gasteiger partial charge in [0.25, 0.3) is 0 Å². The number of methoxy groups -OCH3 is 1. The average Bonchev–Trinajstić information content (AvgIpc) is 2.65. The molecule has 2 aliphatic rings. The van der Waals surface area contributed by atoms with E-state index in [4.69, 9.17) is 9.47 Å². The number of ether oxygens (including phenoxy) is 2. The second kappa shape index (κ2) is 9.73. The van der Waals surface area contributed by atoms with E-state index in [-0.39, 0.29) is 5.60 Å². The van der Waals surface area contributed by atoms with Crippen molar-refractivity contribution in [1.29, 1.82) is 0 Å². The highest BCUT2D eigenvalue weighted by molar-refractivity contribution is 7.85. The maximum atomic E-state index is 12.1. The molecular formula is C17H33N3O3S. The van der Waals surface area contributed by atoms with Crippen LogP contribution in [0.25, 0.3) is 0 Å². The first kappa shape index (κ1) is 19.7. The molecule has 3 unspecified atom stereocenters. The SMILES string of the molecule is CCS(=O)C1CCCC(NC(=NC)NCC2(OC)CCOCC2)C1. The van der Waals surface area contributed by atoms with Gasteiger partial charge in [-0.1, -0.05) is 13.3 Å². The zero-order chi connectivity index (χ0) is 17.4. The van der Waals surface area contributed by atoms with Crippen LogP contribution in [0.1, 0.15) is 45.4 Å². The molecule has 1 aliphatic carbocycles. The molecule has 0 radical (unpaired) electrons. The smallest absolute Gasteiger partial charge is 0.191 e. The second-order valence-corrected chi connectivity index (χ2v) is 8.73. The summed E-state index contributed by atoms with van der Waals surface area (Å²) in [6, 6.07) is 0.346. The first-order valence-corrected chi connectivity index (χ1v) is 10.5. The maximum absolute atomic E-state index is 12.1. The third-order valence-corrected chi connectivity index (χ3v) is 7.00. The van der Waals surface area contributed by atoms with Crippen molar-refractivity contribution in [3.8, 4) is 0 Å². The normalized spacial score (nSPS) is 29.0. The molecule has 3 atom stereocenters. The standard InChI is InChI=1S/C17H33N3O3S/c1-4-24(21)15-7-5-6-14(12-15)20-16(18-2)19-13-17(22-3)8-10-23-11-9-17/h14-15H,4-13H2,1-3H3,(H2,18,19,20). The fraction of sp³-hybridized carbons (Fsp3) is 0.941. The van der Waals surface area contributed by atoms with E-state index in [0.29, 0.717) is 11.3 Å². The van der Waals surface area contributed by atoms with Crippen molar-refractivity contribution in [3.05, 3.63) is 0 Å². The Balaban J connectivity index is 1.84. The lowest BCUT2D eigenvalue weighted by atomic mass is 9.94. The molecule has 2 rings (SSSR count). The third-order valence-electron chi connectivity index (χ3n) is 5.26. The Hall–Kier alpha value is -0.660. The van der Waals surface area contributed by atoms with Gasteiger partial charge in [0.05, 0.1) is 5.60 Å². The minimum atomic E-state index is -0.701. The van der Waals surface area contributed by atoms with E-state index in [9.17, 15) is 4.21 Å². The molecule has 24 heavy (non-hydrogen) atoms. The van der Waals surface area contributed by atoms with E-state index in [0.717, 1.165) is 70.0 Å². The van der Waals surface area contributed by atoms with Crippen LogP contribution in [0.5, 0.6) is 0 Å². The summed E-state index contributed by atoms with van der Waals surface area (Å²) in [6.45, 7) is 4.22. The molecule has 1 aliphatic heterocycles. The van der Waals surface area contributed by atoms with Gasteiger partial charge >= 0.3 is 0 Å². The molecule has 6 nitrogen and oxygen atoms in total. The van der Waals surface area contributed by atoms with Gasteiger partial charge in [-0.3, -0.25) is 9.20 Å². The molecule has 0 aromatic heterocycles. The number of aliphatic imine (C=N–C) groups is 1. The van der Waals surface area contributed by atoms with Crippen molar-refractivity contribution < 1.29 is 13.7 Å². The third kappa shape index (κ3) is 5.43. The lowest BCUT2D eigenvalue weighted by Gasteiger charge is -2.37. The molecule has 0 bridgehead atoms. The summed E-state index contributed by atoms with van der Waals surface area (Å²) < 4.78 is 23.3. The Kier molecular flexibility index (Phi) is 7.97. The number of guanidine groups is 1. The molecule has 0 spiro atoms. The molecule has 2 fully saturated rings. The van der Waals surface area contributed by atoms with Crippen LogP contribution in [0, 0.1) is 0 Å². The van der Waals surface area contributed by atoms with Gasteiger partial charge in [-0.15, -0.1) is 0 Å². The lowest BCUT2D eigenvalue weighted by Crippen LogP contribution is -2.53.